The van der Waals surface area contributed by atoms with Crippen molar-refractivity contribution in [2.24, 2.45) is 0 Å². The zero-order chi connectivity index (χ0) is 12.7. The third-order valence-corrected chi connectivity index (χ3v) is 4.10. The van der Waals surface area contributed by atoms with Crippen LogP contribution in [0.25, 0.3) is 5.69 Å². The maximum absolute atomic E-state index is 6.05. The first-order chi connectivity index (χ1) is 8.66. The van der Waals surface area contributed by atoms with Gasteiger partial charge in [-0.15, -0.1) is 0 Å². The number of anilines is 1. The number of fused-ring (bicyclic) bond motifs is 1. The van der Waals surface area contributed by atoms with Crippen molar-refractivity contribution >= 4 is 29.0 Å². The van der Waals surface area contributed by atoms with Crippen molar-refractivity contribution in [2.75, 3.05) is 5.73 Å². The molecular formula is C13H13Cl2N3. The van der Waals surface area contributed by atoms with Gasteiger partial charge in [-0.25, -0.2) is 4.68 Å². The van der Waals surface area contributed by atoms with E-state index in [1.54, 1.807) is 6.07 Å². The fourth-order valence-corrected chi connectivity index (χ4v) is 2.75. The molecular weight excluding hydrogens is 269 g/mol. The molecule has 0 saturated carbocycles. The van der Waals surface area contributed by atoms with E-state index in [9.17, 15) is 0 Å². The van der Waals surface area contributed by atoms with Crippen molar-refractivity contribution in [1.82, 2.24) is 9.78 Å². The highest BCUT2D eigenvalue weighted by Crippen LogP contribution is 2.30. The molecule has 0 aliphatic heterocycles. The SMILES string of the molecule is Nc1nn(-c2ccc(Cl)c(Cl)c2)c2c1CCCC2. The molecule has 0 bridgehead atoms. The Bertz CT molecular complexity index is 605. The van der Waals surface area contributed by atoms with Crippen LogP contribution in [0.2, 0.25) is 10.0 Å². The van der Waals surface area contributed by atoms with Crippen LogP contribution in [0.4, 0.5) is 5.82 Å². The van der Waals surface area contributed by atoms with E-state index < -0.39 is 0 Å². The highest BCUT2D eigenvalue weighted by atomic mass is 35.5. The largest absolute Gasteiger partial charge is 0.382 e. The van der Waals surface area contributed by atoms with Gasteiger partial charge < -0.3 is 5.73 Å². The molecule has 0 spiro atoms. The van der Waals surface area contributed by atoms with Gasteiger partial charge in [0, 0.05) is 11.3 Å². The van der Waals surface area contributed by atoms with Crippen molar-refractivity contribution in [3.05, 3.63) is 39.5 Å². The van der Waals surface area contributed by atoms with E-state index >= 15 is 0 Å². The topological polar surface area (TPSA) is 43.8 Å². The lowest BCUT2D eigenvalue weighted by Gasteiger charge is -2.14. The van der Waals surface area contributed by atoms with Crippen LogP contribution in [0.5, 0.6) is 0 Å². The van der Waals surface area contributed by atoms with Gasteiger partial charge in [0.15, 0.2) is 0 Å². The molecule has 18 heavy (non-hydrogen) atoms. The van der Waals surface area contributed by atoms with Gasteiger partial charge in [-0.1, -0.05) is 23.2 Å². The Morgan fingerprint density at radius 2 is 1.89 bits per heavy atom. The maximum atomic E-state index is 6.05. The molecule has 0 radical (unpaired) electrons. The van der Waals surface area contributed by atoms with Gasteiger partial charge >= 0.3 is 0 Å². The summed E-state index contributed by atoms with van der Waals surface area (Å²) in [5.74, 6) is 0.635. The van der Waals surface area contributed by atoms with E-state index in [-0.39, 0.29) is 0 Å². The average Bonchev–Trinajstić information content (AvgIpc) is 2.71. The first-order valence-electron chi connectivity index (χ1n) is 5.98. The first-order valence-corrected chi connectivity index (χ1v) is 6.74. The minimum absolute atomic E-state index is 0.535. The van der Waals surface area contributed by atoms with Crippen LogP contribution < -0.4 is 5.73 Å². The summed E-state index contributed by atoms with van der Waals surface area (Å²) in [6, 6.07) is 5.52. The Labute approximate surface area is 115 Å². The number of hydrogen-bond donors (Lipinski definition) is 1. The second-order valence-electron chi connectivity index (χ2n) is 4.53. The minimum atomic E-state index is 0.535. The molecule has 2 aromatic rings. The molecule has 0 fully saturated rings. The number of nitrogens with zero attached hydrogens (tertiary/aromatic N) is 2. The smallest absolute Gasteiger partial charge is 0.149 e. The van der Waals surface area contributed by atoms with Gasteiger partial charge in [0.1, 0.15) is 5.82 Å². The molecule has 1 aliphatic carbocycles. The zero-order valence-electron chi connectivity index (χ0n) is 9.79. The number of hydrogen-bond acceptors (Lipinski definition) is 2. The van der Waals surface area contributed by atoms with Crippen LogP contribution in [-0.2, 0) is 12.8 Å². The quantitative estimate of drug-likeness (QED) is 0.867. The fraction of sp³-hybridized carbons (Fsp3) is 0.308. The fourth-order valence-electron chi connectivity index (χ4n) is 2.46. The number of benzene rings is 1. The van der Waals surface area contributed by atoms with E-state index in [1.807, 2.05) is 16.8 Å². The summed E-state index contributed by atoms with van der Waals surface area (Å²) in [7, 11) is 0. The molecule has 1 heterocycles. The Balaban J connectivity index is 2.14. The third-order valence-electron chi connectivity index (χ3n) is 3.36. The Morgan fingerprint density at radius 3 is 2.67 bits per heavy atom. The van der Waals surface area contributed by atoms with Crippen molar-refractivity contribution in [3.8, 4) is 5.69 Å². The number of nitrogens with two attached hydrogens (primary N) is 1. The lowest BCUT2D eigenvalue weighted by molar-refractivity contribution is 0.653. The predicted octanol–water partition coefficient (Wildman–Crippen LogP) is 3.64. The van der Waals surface area contributed by atoms with Gasteiger partial charge in [-0.05, 0) is 43.9 Å². The van der Waals surface area contributed by atoms with Gasteiger partial charge in [0.2, 0.25) is 0 Å². The maximum Gasteiger partial charge on any atom is 0.149 e. The number of rotatable bonds is 1. The lowest BCUT2D eigenvalue weighted by Crippen LogP contribution is -2.07. The molecule has 0 saturated heterocycles. The Hall–Kier alpha value is -1.19. The van der Waals surface area contributed by atoms with Crippen LogP contribution >= 0.6 is 23.2 Å². The van der Waals surface area contributed by atoms with Crippen molar-refractivity contribution in [1.29, 1.82) is 0 Å². The molecule has 0 amide bonds. The molecule has 1 aromatic heterocycles. The molecule has 3 rings (SSSR count). The number of halogens is 2. The molecule has 5 heteroatoms. The van der Waals surface area contributed by atoms with Gasteiger partial charge in [0.05, 0.1) is 15.7 Å². The second kappa shape index (κ2) is 4.48. The van der Waals surface area contributed by atoms with Crippen LogP contribution in [0, 0.1) is 0 Å². The molecule has 2 N–H and O–H groups in total. The van der Waals surface area contributed by atoms with Crippen molar-refractivity contribution < 1.29 is 0 Å². The Kier molecular flexibility index (Phi) is 2.96. The number of nitrogen functional groups attached to an aromatic ring is 1. The van der Waals surface area contributed by atoms with Crippen LogP contribution in [0.3, 0.4) is 0 Å². The molecule has 1 aliphatic rings. The molecule has 0 unspecified atom stereocenters. The average molecular weight is 282 g/mol. The van der Waals surface area contributed by atoms with E-state index in [4.69, 9.17) is 28.9 Å². The number of aromatic nitrogens is 2. The molecule has 0 atom stereocenters. The summed E-state index contributed by atoms with van der Waals surface area (Å²) in [6.45, 7) is 0. The van der Waals surface area contributed by atoms with E-state index in [0.717, 1.165) is 18.5 Å². The molecule has 94 valence electrons. The zero-order valence-corrected chi connectivity index (χ0v) is 11.3. The minimum Gasteiger partial charge on any atom is -0.382 e. The molecule has 1 aromatic carbocycles. The molecule has 3 nitrogen and oxygen atoms in total. The Morgan fingerprint density at radius 1 is 1.11 bits per heavy atom. The first kappa shape index (κ1) is 11.9. The standard InChI is InChI=1S/C13H13Cl2N3/c14-10-6-5-8(7-11(10)15)18-12-4-2-1-3-9(12)13(16)17-18/h5-7H,1-4H2,(H2,16,17). The van der Waals surface area contributed by atoms with Gasteiger partial charge in [-0.2, -0.15) is 5.10 Å². The van der Waals surface area contributed by atoms with Gasteiger partial charge in [0.25, 0.3) is 0 Å². The summed E-state index contributed by atoms with van der Waals surface area (Å²) >= 11 is 12.0. The van der Waals surface area contributed by atoms with Crippen LogP contribution in [-0.4, -0.2) is 9.78 Å². The van der Waals surface area contributed by atoms with Crippen molar-refractivity contribution in [3.63, 3.8) is 0 Å². The summed E-state index contributed by atoms with van der Waals surface area (Å²) in [6.07, 6.45) is 4.39. The van der Waals surface area contributed by atoms with Crippen LogP contribution in [0.15, 0.2) is 18.2 Å². The van der Waals surface area contributed by atoms with Gasteiger partial charge in [-0.3, -0.25) is 0 Å². The second-order valence-corrected chi connectivity index (χ2v) is 5.34. The van der Waals surface area contributed by atoms with E-state index in [0.29, 0.717) is 15.9 Å². The monoisotopic (exact) mass is 281 g/mol. The van der Waals surface area contributed by atoms with E-state index in [2.05, 4.69) is 5.10 Å². The summed E-state index contributed by atoms with van der Waals surface area (Å²) in [5.41, 5.74) is 9.29. The highest BCUT2D eigenvalue weighted by molar-refractivity contribution is 6.42. The predicted molar refractivity (Wildman–Crippen MR) is 74.6 cm³/mol. The van der Waals surface area contributed by atoms with E-state index in [1.165, 1.54) is 24.1 Å². The normalized spacial score (nSPS) is 14.6. The summed E-state index contributed by atoms with van der Waals surface area (Å²) in [4.78, 5) is 0. The van der Waals surface area contributed by atoms with Crippen LogP contribution in [0.1, 0.15) is 24.1 Å². The lowest BCUT2D eigenvalue weighted by atomic mass is 9.97. The summed E-state index contributed by atoms with van der Waals surface area (Å²) in [5, 5.41) is 5.51. The summed E-state index contributed by atoms with van der Waals surface area (Å²) < 4.78 is 1.89. The van der Waals surface area contributed by atoms with Crippen molar-refractivity contribution in [2.45, 2.75) is 25.7 Å². The highest BCUT2D eigenvalue weighted by Gasteiger charge is 2.20. The third kappa shape index (κ3) is 1.88.